The topological polar surface area (TPSA) is 17.0 Å². The van der Waals surface area contributed by atoms with E-state index in [2.05, 4.69) is 77.6 Å². The zero-order valence-electron chi connectivity index (χ0n) is 11.8. The summed E-state index contributed by atoms with van der Waals surface area (Å²) >= 11 is 0. The Hall–Kier alpha value is -2.06. The molecular formula is C18H20N2. The van der Waals surface area contributed by atoms with Gasteiger partial charge in [0.2, 0.25) is 0 Å². The van der Waals surface area contributed by atoms with Crippen molar-refractivity contribution in [3.63, 3.8) is 0 Å². The average molecular weight is 264 g/mol. The van der Waals surface area contributed by atoms with E-state index in [0.29, 0.717) is 0 Å². The molecule has 0 fully saturated rings. The molecule has 2 nitrogen and oxygen atoms in total. The van der Waals surface area contributed by atoms with E-state index in [4.69, 9.17) is 0 Å². The number of benzene rings is 2. The van der Waals surface area contributed by atoms with Gasteiger partial charge >= 0.3 is 0 Å². The summed E-state index contributed by atoms with van der Waals surface area (Å²) < 4.78 is 2.34. The highest BCUT2D eigenvalue weighted by molar-refractivity contribution is 5.83. The van der Waals surface area contributed by atoms with Crippen LogP contribution in [-0.4, -0.2) is 11.1 Å². The van der Waals surface area contributed by atoms with Crippen molar-refractivity contribution >= 4 is 10.9 Å². The molecule has 0 aliphatic carbocycles. The van der Waals surface area contributed by atoms with Gasteiger partial charge in [-0.15, -0.1) is 0 Å². The van der Waals surface area contributed by atoms with Crippen LogP contribution < -0.4 is 5.32 Å². The van der Waals surface area contributed by atoms with Crippen molar-refractivity contribution in [2.45, 2.75) is 20.0 Å². The van der Waals surface area contributed by atoms with Crippen molar-refractivity contribution in [2.75, 3.05) is 6.54 Å². The molecule has 1 aromatic heterocycles. The second kappa shape index (κ2) is 5.93. The van der Waals surface area contributed by atoms with Crippen LogP contribution in [0.25, 0.3) is 10.9 Å². The molecular weight excluding hydrogens is 244 g/mol. The first-order valence-electron chi connectivity index (χ1n) is 7.20. The van der Waals surface area contributed by atoms with Crippen LogP contribution in [-0.2, 0) is 13.1 Å². The predicted molar refractivity (Wildman–Crippen MR) is 84.9 cm³/mol. The molecule has 0 radical (unpaired) electrons. The van der Waals surface area contributed by atoms with Crippen LogP contribution in [0, 0.1) is 0 Å². The molecule has 20 heavy (non-hydrogen) atoms. The van der Waals surface area contributed by atoms with Gasteiger partial charge in [0.05, 0.1) is 5.52 Å². The predicted octanol–water partition coefficient (Wildman–Crippen LogP) is 3.80. The van der Waals surface area contributed by atoms with Gasteiger partial charge in [0.15, 0.2) is 0 Å². The molecule has 1 heterocycles. The van der Waals surface area contributed by atoms with Gasteiger partial charge in [0, 0.05) is 19.3 Å². The second-order valence-electron chi connectivity index (χ2n) is 5.06. The van der Waals surface area contributed by atoms with Gasteiger partial charge < -0.3 is 9.88 Å². The number of hydrogen-bond donors (Lipinski definition) is 1. The molecule has 0 bridgehead atoms. The number of fused-ring (bicyclic) bond motifs is 1. The van der Waals surface area contributed by atoms with E-state index < -0.39 is 0 Å². The van der Waals surface area contributed by atoms with Crippen LogP contribution >= 0.6 is 0 Å². The molecule has 0 atom stereocenters. The maximum Gasteiger partial charge on any atom is 0.0529 e. The lowest BCUT2D eigenvalue weighted by Crippen LogP contribution is -2.13. The third kappa shape index (κ3) is 2.61. The highest BCUT2D eigenvalue weighted by Gasteiger charge is 2.06. The number of hydrogen-bond acceptors (Lipinski definition) is 1. The van der Waals surface area contributed by atoms with E-state index >= 15 is 0 Å². The molecule has 102 valence electrons. The third-order valence-corrected chi connectivity index (χ3v) is 3.63. The van der Waals surface area contributed by atoms with Crippen molar-refractivity contribution in [2.24, 2.45) is 0 Å². The fraction of sp³-hybridized carbons (Fsp3) is 0.222. The molecule has 0 saturated heterocycles. The van der Waals surface area contributed by atoms with Gasteiger partial charge in [-0.3, -0.25) is 0 Å². The molecule has 1 N–H and O–H groups in total. The lowest BCUT2D eigenvalue weighted by Gasteiger charge is -2.10. The van der Waals surface area contributed by atoms with Crippen LogP contribution in [0.4, 0.5) is 0 Å². The Morgan fingerprint density at radius 2 is 1.80 bits per heavy atom. The molecule has 0 spiro atoms. The summed E-state index contributed by atoms with van der Waals surface area (Å²) in [6.07, 6.45) is 2.19. The number of nitrogens with one attached hydrogen (secondary N) is 1. The smallest absolute Gasteiger partial charge is 0.0529 e. The Kier molecular flexibility index (Phi) is 3.84. The Morgan fingerprint density at radius 3 is 2.60 bits per heavy atom. The zero-order valence-corrected chi connectivity index (χ0v) is 11.8. The van der Waals surface area contributed by atoms with Crippen molar-refractivity contribution in [3.05, 3.63) is 71.9 Å². The first-order chi connectivity index (χ1) is 9.88. The summed E-state index contributed by atoms with van der Waals surface area (Å²) in [6.45, 7) is 4.99. The van der Waals surface area contributed by atoms with Gasteiger partial charge in [-0.05, 0) is 29.1 Å². The Morgan fingerprint density at radius 1 is 0.950 bits per heavy atom. The van der Waals surface area contributed by atoms with Crippen LogP contribution in [0.1, 0.15) is 18.1 Å². The molecule has 0 aliphatic rings. The van der Waals surface area contributed by atoms with E-state index in [1.54, 1.807) is 0 Å². The van der Waals surface area contributed by atoms with E-state index in [0.717, 1.165) is 19.6 Å². The van der Waals surface area contributed by atoms with Gasteiger partial charge in [-0.2, -0.15) is 0 Å². The number of para-hydroxylation sites is 1. The summed E-state index contributed by atoms with van der Waals surface area (Å²) in [5.41, 5.74) is 4.05. The van der Waals surface area contributed by atoms with Gasteiger partial charge in [0.25, 0.3) is 0 Å². The lowest BCUT2D eigenvalue weighted by molar-refractivity contribution is 0.724. The van der Waals surface area contributed by atoms with Crippen LogP contribution in [0.2, 0.25) is 0 Å². The zero-order chi connectivity index (χ0) is 13.8. The molecule has 2 aromatic carbocycles. The second-order valence-corrected chi connectivity index (χ2v) is 5.06. The Labute approximate surface area is 120 Å². The molecule has 0 saturated carbocycles. The maximum absolute atomic E-state index is 3.42. The standard InChI is InChI=1S/C18H20N2/c1-2-19-13-17-10-6-9-16-11-12-20(18(16)17)14-15-7-4-3-5-8-15/h3-12,19H,2,13-14H2,1H3. The van der Waals surface area contributed by atoms with Crippen LogP contribution in [0.3, 0.4) is 0 Å². The van der Waals surface area contributed by atoms with E-state index in [1.807, 2.05) is 0 Å². The first-order valence-corrected chi connectivity index (χ1v) is 7.20. The van der Waals surface area contributed by atoms with E-state index in [1.165, 1.54) is 22.0 Å². The van der Waals surface area contributed by atoms with Gasteiger partial charge in [0.1, 0.15) is 0 Å². The lowest BCUT2D eigenvalue weighted by atomic mass is 10.1. The molecule has 0 amide bonds. The van der Waals surface area contributed by atoms with Gasteiger partial charge in [-0.25, -0.2) is 0 Å². The van der Waals surface area contributed by atoms with Crippen molar-refractivity contribution < 1.29 is 0 Å². The highest BCUT2D eigenvalue weighted by Crippen LogP contribution is 2.21. The largest absolute Gasteiger partial charge is 0.343 e. The summed E-state index contributed by atoms with van der Waals surface area (Å²) in [6, 6.07) is 19.4. The summed E-state index contributed by atoms with van der Waals surface area (Å²) in [7, 11) is 0. The molecule has 3 aromatic rings. The van der Waals surface area contributed by atoms with E-state index in [-0.39, 0.29) is 0 Å². The quantitative estimate of drug-likeness (QED) is 0.741. The average Bonchev–Trinajstić information content (AvgIpc) is 2.90. The van der Waals surface area contributed by atoms with Crippen LogP contribution in [0.5, 0.6) is 0 Å². The third-order valence-electron chi connectivity index (χ3n) is 3.63. The van der Waals surface area contributed by atoms with E-state index in [9.17, 15) is 0 Å². The van der Waals surface area contributed by atoms with Crippen molar-refractivity contribution in [1.82, 2.24) is 9.88 Å². The normalized spacial score (nSPS) is 11.1. The van der Waals surface area contributed by atoms with Crippen molar-refractivity contribution in [3.8, 4) is 0 Å². The van der Waals surface area contributed by atoms with Gasteiger partial charge in [-0.1, -0.05) is 55.5 Å². The molecule has 0 aliphatic heterocycles. The highest BCUT2D eigenvalue weighted by atomic mass is 15.0. The number of nitrogens with zero attached hydrogens (tertiary/aromatic N) is 1. The monoisotopic (exact) mass is 264 g/mol. The summed E-state index contributed by atoms with van der Waals surface area (Å²) in [4.78, 5) is 0. The minimum atomic E-state index is 0.923. The molecule has 3 rings (SSSR count). The van der Waals surface area contributed by atoms with Crippen LogP contribution in [0.15, 0.2) is 60.8 Å². The number of aromatic nitrogens is 1. The number of rotatable bonds is 5. The molecule has 2 heteroatoms. The fourth-order valence-corrected chi connectivity index (χ4v) is 2.65. The summed E-state index contributed by atoms with van der Waals surface area (Å²) in [5, 5.41) is 4.74. The minimum absolute atomic E-state index is 0.923. The molecule has 0 unspecified atom stereocenters. The Balaban J connectivity index is 1.98. The SMILES string of the molecule is CCNCc1cccc2ccn(Cc3ccccc3)c12. The Bertz CT molecular complexity index is 683. The summed E-state index contributed by atoms with van der Waals surface area (Å²) in [5.74, 6) is 0. The van der Waals surface area contributed by atoms with Crippen molar-refractivity contribution in [1.29, 1.82) is 0 Å². The minimum Gasteiger partial charge on any atom is -0.343 e. The maximum atomic E-state index is 3.42. The fourth-order valence-electron chi connectivity index (χ4n) is 2.65. The first kappa shape index (κ1) is 12.9.